The van der Waals surface area contributed by atoms with Crippen LogP contribution in [0.15, 0.2) is 46.3 Å². The smallest absolute Gasteiger partial charge is 0.248 e. The number of nitrogens with one attached hydrogen (secondary N) is 1. The van der Waals surface area contributed by atoms with Crippen molar-refractivity contribution in [2.75, 3.05) is 11.5 Å². The highest BCUT2D eigenvalue weighted by atomic mass is 32.2. The minimum Gasteiger partial charge on any atom is -0.383 e. The van der Waals surface area contributed by atoms with Crippen LogP contribution in [0.3, 0.4) is 0 Å². The number of nitrogens with zero attached hydrogens (tertiary/aromatic N) is 2. The van der Waals surface area contributed by atoms with Gasteiger partial charge in [-0.05, 0) is 11.6 Å². The molecule has 0 unspecified atom stereocenters. The first-order valence-electron chi connectivity index (χ1n) is 6.25. The molecule has 0 saturated carbocycles. The molecule has 3 rings (SSSR count). The van der Waals surface area contributed by atoms with Crippen molar-refractivity contribution in [2.45, 2.75) is 10.9 Å². The van der Waals surface area contributed by atoms with Gasteiger partial charge in [0.15, 0.2) is 5.16 Å². The predicted molar refractivity (Wildman–Crippen MR) is 85.0 cm³/mol. The number of H-pyrrole nitrogens is 1. The second-order valence-electron chi connectivity index (χ2n) is 4.49. The number of pyridine rings is 1. The summed E-state index contributed by atoms with van der Waals surface area (Å²) in [7, 11) is 0. The van der Waals surface area contributed by atoms with Crippen molar-refractivity contribution in [3.8, 4) is 0 Å². The van der Waals surface area contributed by atoms with E-state index in [-0.39, 0.29) is 5.56 Å². The van der Waals surface area contributed by atoms with Gasteiger partial charge >= 0.3 is 0 Å². The van der Waals surface area contributed by atoms with E-state index in [1.807, 2.05) is 24.3 Å². The van der Waals surface area contributed by atoms with Crippen molar-refractivity contribution in [3.05, 3.63) is 52.3 Å². The summed E-state index contributed by atoms with van der Waals surface area (Å²) < 4.78 is 0. The number of rotatable bonds is 3. The molecule has 0 radical (unpaired) electrons. The number of anilines is 2. The third kappa shape index (κ3) is 2.97. The normalized spacial score (nSPS) is 10.9. The molecule has 0 fully saturated rings. The Balaban J connectivity index is 1.93. The van der Waals surface area contributed by atoms with E-state index in [0.717, 1.165) is 16.5 Å². The molecule has 0 aliphatic carbocycles. The van der Waals surface area contributed by atoms with Crippen LogP contribution in [-0.2, 0) is 5.75 Å². The lowest BCUT2D eigenvalue weighted by molar-refractivity contribution is 0.984. The number of nitrogen functional groups attached to an aromatic ring is 2. The van der Waals surface area contributed by atoms with Crippen LogP contribution in [0, 0.1) is 0 Å². The van der Waals surface area contributed by atoms with Gasteiger partial charge in [0.2, 0.25) is 5.56 Å². The van der Waals surface area contributed by atoms with Crippen molar-refractivity contribution in [2.24, 2.45) is 0 Å². The van der Waals surface area contributed by atoms with E-state index in [2.05, 4.69) is 15.0 Å². The van der Waals surface area contributed by atoms with E-state index >= 15 is 0 Å². The molecule has 3 aromatic rings. The molecule has 2 heterocycles. The minimum atomic E-state index is -0.127. The van der Waals surface area contributed by atoms with E-state index in [1.54, 1.807) is 6.07 Å². The Labute approximate surface area is 124 Å². The van der Waals surface area contributed by atoms with E-state index in [0.29, 0.717) is 22.5 Å². The van der Waals surface area contributed by atoms with Gasteiger partial charge in [-0.25, -0.2) is 9.97 Å². The van der Waals surface area contributed by atoms with Crippen molar-refractivity contribution in [1.82, 2.24) is 15.0 Å². The van der Waals surface area contributed by atoms with Crippen molar-refractivity contribution in [1.29, 1.82) is 0 Å². The first-order chi connectivity index (χ1) is 10.1. The monoisotopic (exact) mass is 299 g/mol. The maximum absolute atomic E-state index is 11.7. The topological polar surface area (TPSA) is 111 Å². The molecular weight excluding hydrogens is 286 g/mol. The molecule has 0 spiro atoms. The average molecular weight is 299 g/mol. The molecule has 5 N–H and O–H groups in total. The van der Waals surface area contributed by atoms with E-state index < -0.39 is 0 Å². The Bertz CT molecular complexity index is 841. The number of aromatic amines is 1. The van der Waals surface area contributed by atoms with Crippen molar-refractivity contribution in [3.63, 3.8) is 0 Å². The number of fused-ring (bicyclic) bond motifs is 1. The number of aromatic nitrogens is 3. The van der Waals surface area contributed by atoms with Gasteiger partial charge in [-0.3, -0.25) is 4.79 Å². The van der Waals surface area contributed by atoms with E-state index in [9.17, 15) is 4.79 Å². The van der Waals surface area contributed by atoms with Gasteiger partial charge in [0.25, 0.3) is 0 Å². The standard InChI is InChI=1S/C14H13N5OS/c15-11-6-12(16)19-14(18-11)21-7-8-5-13(20)17-10-4-2-1-3-9(8)10/h1-6H,7H2,(H,17,20)(H4,15,16,18,19). The number of benzene rings is 1. The third-order valence-electron chi connectivity index (χ3n) is 2.94. The summed E-state index contributed by atoms with van der Waals surface area (Å²) in [6.07, 6.45) is 0. The SMILES string of the molecule is Nc1cc(N)nc(SCc2cc(=O)[nH]c3ccccc23)n1. The van der Waals surface area contributed by atoms with Gasteiger partial charge in [-0.15, -0.1) is 0 Å². The van der Waals surface area contributed by atoms with Gasteiger partial charge in [0.1, 0.15) is 11.6 Å². The molecule has 0 bridgehead atoms. The van der Waals surface area contributed by atoms with Gasteiger partial charge in [0.05, 0.1) is 0 Å². The fourth-order valence-corrected chi connectivity index (χ4v) is 2.93. The van der Waals surface area contributed by atoms with Crippen LogP contribution >= 0.6 is 11.8 Å². The highest BCUT2D eigenvalue weighted by Gasteiger charge is 2.06. The third-order valence-corrected chi connectivity index (χ3v) is 3.83. The zero-order valence-electron chi connectivity index (χ0n) is 11.0. The zero-order chi connectivity index (χ0) is 14.8. The van der Waals surface area contributed by atoms with Crippen LogP contribution in [0.25, 0.3) is 10.9 Å². The Morgan fingerprint density at radius 2 is 1.81 bits per heavy atom. The minimum absolute atomic E-state index is 0.127. The molecule has 2 aromatic heterocycles. The van der Waals surface area contributed by atoms with Crippen molar-refractivity contribution < 1.29 is 0 Å². The van der Waals surface area contributed by atoms with Crippen LogP contribution in [0.4, 0.5) is 11.6 Å². The molecule has 21 heavy (non-hydrogen) atoms. The molecule has 7 heteroatoms. The van der Waals surface area contributed by atoms with Crippen LogP contribution in [0.5, 0.6) is 0 Å². The van der Waals surface area contributed by atoms with Crippen molar-refractivity contribution >= 4 is 34.3 Å². The van der Waals surface area contributed by atoms with Crippen LogP contribution in [0.2, 0.25) is 0 Å². The quantitative estimate of drug-likeness (QED) is 0.502. The number of thioether (sulfide) groups is 1. The lowest BCUT2D eigenvalue weighted by Crippen LogP contribution is -2.06. The predicted octanol–water partition coefficient (Wildman–Crippen LogP) is 1.77. The highest BCUT2D eigenvalue weighted by Crippen LogP contribution is 2.24. The summed E-state index contributed by atoms with van der Waals surface area (Å²) in [6.45, 7) is 0. The average Bonchev–Trinajstić information content (AvgIpc) is 2.43. The summed E-state index contributed by atoms with van der Waals surface area (Å²) in [5, 5.41) is 1.50. The molecule has 6 nitrogen and oxygen atoms in total. The van der Waals surface area contributed by atoms with E-state index in [4.69, 9.17) is 11.5 Å². The Hall–Kier alpha value is -2.54. The summed E-state index contributed by atoms with van der Waals surface area (Å²) in [6, 6.07) is 10.8. The maximum Gasteiger partial charge on any atom is 0.248 e. The van der Waals surface area contributed by atoms with E-state index in [1.165, 1.54) is 17.8 Å². The summed E-state index contributed by atoms with van der Waals surface area (Å²) in [5.41, 5.74) is 12.9. The van der Waals surface area contributed by atoms with Gasteiger partial charge in [-0.2, -0.15) is 0 Å². The zero-order valence-corrected chi connectivity index (χ0v) is 11.9. The molecular formula is C14H13N5OS. The highest BCUT2D eigenvalue weighted by molar-refractivity contribution is 7.98. The number of para-hydroxylation sites is 1. The first-order valence-corrected chi connectivity index (χ1v) is 7.24. The molecule has 0 saturated heterocycles. The Morgan fingerprint density at radius 3 is 2.57 bits per heavy atom. The Kier molecular flexibility index (Phi) is 3.49. The molecule has 0 amide bonds. The Morgan fingerprint density at radius 1 is 1.10 bits per heavy atom. The number of hydrogen-bond donors (Lipinski definition) is 3. The second-order valence-corrected chi connectivity index (χ2v) is 5.44. The van der Waals surface area contributed by atoms with Crippen LogP contribution < -0.4 is 17.0 Å². The lowest BCUT2D eigenvalue weighted by atomic mass is 10.1. The molecule has 106 valence electrons. The largest absolute Gasteiger partial charge is 0.383 e. The summed E-state index contributed by atoms with van der Waals surface area (Å²) >= 11 is 1.39. The molecule has 0 atom stereocenters. The molecule has 0 aliphatic rings. The number of hydrogen-bond acceptors (Lipinski definition) is 6. The van der Waals surface area contributed by atoms with Crippen LogP contribution in [0.1, 0.15) is 5.56 Å². The second kappa shape index (κ2) is 5.45. The first kappa shape index (κ1) is 13.4. The number of nitrogens with two attached hydrogens (primary N) is 2. The van der Waals surface area contributed by atoms with Crippen LogP contribution in [-0.4, -0.2) is 15.0 Å². The summed E-state index contributed by atoms with van der Waals surface area (Å²) in [5.74, 6) is 1.23. The summed E-state index contributed by atoms with van der Waals surface area (Å²) in [4.78, 5) is 22.7. The molecule has 0 aliphatic heterocycles. The fraction of sp³-hybridized carbons (Fsp3) is 0.0714. The lowest BCUT2D eigenvalue weighted by Gasteiger charge is -2.06. The van der Waals surface area contributed by atoms with Gasteiger partial charge in [0, 0.05) is 28.8 Å². The van der Waals surface area contributed by atoms with Gasteiger partial charge in [-0.1, -0.05) is 30.0 Å². The fourth-order valence-electron chi connectivity index (χ4n) is 2.07. The van der Waals surface area contributed by atoms with Gasteiger partial charge < -0.3 is 16.5 Å². The maximum atomic E-state index is 11.7. The molecule has 1 aromatic carbocycles.